The number of nitro benzene ring substituents is 1. The lowest BCUT2D eigenvalue weighted by Gasteiger charge is -2.55. The number of benzene rings is 1. The number of ketones is 1. The molecule has 4 bridgehead atoms. The van der Waals surface area contributed by atoms with E-state index in [0.29, 0.717) is 23.3 Å². The average molecular weight is 356 g/mol. The summed E-state index contributed by atoms with van der Waals surface area (Å²) in [5.41, 5.74) is 0.175. The Hall–Kier alpha value is -2.44. The molecule has 4 saturated carbocycles. The summed E-state index contributed by atoms with van der Waals surface area (Å²) in [7, 11) is 0. The van der Waals surface area contributed by atoms with Crippen molar-refractivity contribution in [3.63, 3.8) is 0 Å². The van der Waals surface area contributed by atoms with Crippen LogP contribution in [-0.2, 0) is 11.3 Å². The van der Waals surface area contributed by atoms with E-state index < -0.39 is 10.7 Å². The number of fused-ring (bicyclic) bond motifs is 1. The van der Waals surface area contributed by atoms with E-state index in [-0.39, 0.29) is 29.0 Å². The lowest BCUT2D eigenvalue weighted by atomic mass is 9.48. The first-order valence-electron chi connectivity index (χ1n) is 9.25. The van der Waals surface area contributed by atoms with E-state index in [2.05, 4.69) is 0 Å². The number of aromatic nitrogens is 1. The minimum Gasteiger partial charge on any atom is -0.408 e. The molecule has 1 heterocycles. The van der Waals surface area contributed by atoms with E-state index in [0.717, 1.165) is 19.3 Å². The molecule has 7 heteroatoms. The quantitative estimate of drug-likeness (QED) is 0.619. The van der Waals surface area contributed by atoms with Crippen LogP contribution in [0, 0.1) is 33.3 Å². The SMILES string of the molecule is O=C(Cn1c(=O)oc2ccc([N+](=O)[O-])cc21)C12CC3CC(CC(C3)C1)C2. The fourth-order valence-electron chi connectivity index (χ4n) is 6.08. The first kappa shape index (κ1) is 15.8. The Morgan fingerprint density at radius 3 is 2.38 bits per heavy atom. The molecule has 6 rings (SSSR count). The molecular formula is C19H20N2O5. The lowest BCUT2D eigenvalue weighted by Crippen LogP contribution is -2.51. The fraction of sp³-hybridized carbons (Fsp3) is 0.579. The predicted molar refractivity (Wildman–Crippen MR) is 92.7 cm³/mol. The first-order valence-corrected chi connectivity index (χ1v) is 9.25. The molecule has 1 aromatic carbocycles. The smallest absolute Gasteiger partial charge is 0.408 e. The Kier molecular flexibility index (Phi) is 3.21. The second-order valence-electron chi connectivity index (χ2n) is 8.48. The molecule has 0 radical (unpaired) electrons. The zero-order chi connectivity index (χ0) is 18.1. The van der Waals surface area contributed by atoms with Crippen LogP contribution in [0.15, 0.2) is 27.4 Å². The summed E-state index contributed by atoms with van der Waals surface area (Å²) >= 11 is 0. The monoisotopic (exact) mass is 356 g/mol. The van der Waals surface area contributed by atoms with Crippen molar-refractivity contribution in [2.75, 3.05) is 0 Å². The number of nitrogens with zero attached hydrogens (tertiary/aromatic N) is 2. The topological polar surface area (TPSA) is 95.3 Å². The fourth-order valence-corrected chi connectivity index (χ4v) is 6.08. The van der Waals surface area contributed by atoms with Crippen LogP contribution < -0.4 is 5.76 Å². The maximum absolute atomic E-state index is 13.2. The molecular weight excluding hydrogens is 336 g/mol. The molecule has 4 aliphatic rings. The van der Waals surface area contributed by atoms with Gasteiger partial charge in [-0.15, -0.1) is 0 Å². The number of Topliss-reactive ketones (excluding diaryl/α,β-unsaturated/α-hetero) is 1. The van der Waals surface area contributed by atoms with E-state index in [1.54, 1.807) is 0 Å². The van der Waals surface area contributed by atoms with Gasteiger partial charge in [0.05, 0.1) is 17.0 Å². The molecule has 0 saturated heterocycles. The standard InChI is InChI=1S/C19H20N2O5/c22-17(19-7-11-3-12(8-19)5-13(4-11)9-19)10-20-15-6-14(21(24)25)1-2-16(15)26-18(20)23/h1-2,6,11-13H,3-5,7-10H2. The van der Waals surface area contributed by atoms with Crippen molar-refractivity contribution in [1.29, 1.82) is 0 Å². The molecule has 4 aliphatic carbocycles. The number of hydrogen-bond acceptors (Lipinski definition) is 5. The Morgan fingerprint density at radius 1 is 1.19 bits per heavy atom. The molecule has 26 heavy (non-hydrogen) atoms. The number of non-ortho nitro benzene ring substituents is 1. The van der Waals surface area contributed by atoms with Crippen molar-refractivity contribution in [2.45, 2.75) is 45.1 Å². The molecule has 7 nitrogen and oxygen atoms in total. The molecule has 2 aromatic rings. The Morgan fingerprint density at radius 2 is 1.81 bits per heavy atom. The number of oxazole rings is 1. The van der Waals surface area contributed by atoms with E-state index in [9.17, 15) is 19.7 Å². The molecule has 0 aliphatic heterocycles. The van der Waals surface area contributed by atoms with Gasteiger partial charge in [0.1, 0.15) is 0 Å². The van der Waals surface area contributed by atoms with Crippen molar-refractivity contribution in [3.8, 4) is 0 Å². The van der Waals surface area contributed by atoms with Crippen molar-refractivity contribution in [2.24, 2.45) is 23.2 Å². The normalized spacial score (nSPS) is 32.2. The summed E-state index contributed by atoms with van der Waals surface area (Å²) in [5.74, 6) is 1.39. The van der Waals surface area contributed by atoms with E-state index in [4.69, 9.17) is 4.42 Å². The highest BCUT2D eigenvalue weighted by atomic mass is 16.6. The Labute approximate surface area is 149 Å². The maximum atomic E-state index is 13.2. The van der Waals surface area contributed by atoms with Crippen molar-refractivity contribution in [1.82, 2.24) is 4.57 Å². The molecule has 0 amide bonds. The molecule has 0 unspecified atom stereocenters. The van der Waals surface area contributed by atoms with Crippen LogP contribution in [0.2, 0.25) is 0 Å². The van der Waals surface area contributed by atoms with E-state index >= 15 is 0 Å². The minimum atomic E-state index is -0.626. The molecule has 136 valence electrons. The lowest BCUT2D eigenvalue weighted by molar-refractivity contribution is -0.384. The van der Waals surface area contributed by atoms with Gasteiger partial charge in [0.25, 0.3) is 5.69 Å². The van der Waals surface area contributed by atoms with Crippen LogP contribution in [0.25, 0.3) is 11.1 Å². The van der Waals surface area contributed by atoms with Gasteiger partial charge in [-0.3, -0.25) is 19.5 Å². The maximum Gasteiger partial charge on any atom is 0.420 e. The number of nitro groups is 1. The Balaban J connectivity index is 1.50. The third-order valence-electron chi connectivity index (χ3n) is 6.79. The van der Waals surface area contributed by atoms with Gasteiger partial charge in [0.2, 0.25) is 0 Å². The van der Waals surface area contributed by atoms with Crippen molar-refractivity contribution < 1.29 is 14.1 Å². The minimum absolute atomic E-state index is 0.0564. The third-order valence-corrected chi connectivity index (χ3v) is 6.79. The van der Waals surface area contributed by atoms with E-state index in [1.807, 2.05) is 0 Å². The first-order chi connectivity index (χ1) is 12.4. The summed E-state index contributed by atoms with van der Waals surface area (Å²) < 4.78 is 6.45. The van der Waals surface area contributed by atoms with Gasteiger partial charge < -0.3 is 4.42 Å². The molecule has 0 N–H and O–H groups in total. The summed E-state index contributed by atoms with van der Waals surface area (Å²) in [6, 6.07) is 4.03. The molecule has 0 atom stereocenters. The van der Waals surface area contributed by atoms with Gasteiger partial charge in [-0.05, 0) is 62.3 Å². The number of carbonyl (C=O) groups excluding carboxylic acids is 1. The van der Waals surface area contributed by atoms with Gasteiger partial charge in [0, 0.05) is 17.5 Å². The second kappa shape index (κ2) is 5.28. The molecule has 0 spiro atoms. The zero-order valence-electron chi connectivity index (χ0n) is 14.3. The summed E-state index contributed by atoms with van der Waals surface area (Å²) in [6.45, 7) is -0.0564. The van der Waals surface area contributed by atoms with Gasteiger partial charge in [-0.1, -0.05) is 0 Å². The molecule has 4 fully saturated rings. The van der Waals surface area contributed by atoms with Gasteiger partial charge in [0.15, 0.2) is 11.4 Å². The van der Waals surface area contributed by atoms with Gasteiger partial charge in [-0.2, -0.15) is 0 Å². The largest absolute Gasteiger partial charge is 0.420 e. The summed E-state index contributed by atoms with van der Waals surface area (Å²) in [4.78, 5) is 36.0. The molecule has 1 aromatic heterocycles. The summed E-state index contributed by atoms with van der Waals surface area (Å²) in [5, 5.41) is 11.0. The average Bonchev–Trinajstić information content (AvgIpc) is 2.88. The van der Waals surface area contributed by atoms with Crippen LogP contribution in [0.3, 0.4) is 0 Å². The van der Waals surface area contributed by atoms with Crippen LogP contribution in [0.1, 0.15) is 38.5 Å². The number of rotatable bonds is 4. The van der Waals surface area contributed by atoms with E-state index in [1.165, 1.54) is 42.0 Å². The highest BCUT2D eigenvalue weighted by molar-refractivity contribution is 5.87. The summed E-state index contributed by atoms with van der Waals surface area (Å²) in [6.07, 6.45) is 6.53. The van der Waals surface area contributed by atoms with Gasteiger partial charge in [-0.25, -0.2) is 4.79 Å². The highest BCUT2D eigenvalue weighted by Gasteiger charge is 2.54. The Bertz CT molecular complexity index is 950. The number of hydrogen-bond donors (Lipinski definition) is 0. The zero-order valence-corrected chi connectivity index (χ0v) is 14.3. The number of carbonyl (C=O) groups is 1. The second-order valence-corrected chi connectivity index (χ2v) is 8.48. The van der Waals surface area contributed by atoms with Crippen LogP contribution >= 0.6 is 0 Å². The highest BCUT2D eigenvalue weighted by Crippen LogP contribution is 2.60. The van der Waals surface area contributed by atoms with Crippen LogP contribution in [0.4, 0.5) is 5.69 Å². The van der Waals surface area contributed by atoms with Crippen LogP contribution in [-0.4, -0.2) is 15.3 Å². The third kappa shape index (κ3) is 2.26. The van der Waals surface area contributed by atoms with Gasteiger partial charge >= 0.3 is 5.76 Å². The predicted octanol–water partition coefficient (Wildman–Crippen LogP) is 3.29. The van der Waals surface area contributed by atoms with Crippen LogP contribution in [0.5, 0.6) is 0 Å². The van der Waals surface area contributed by atoms with Crippen molar-refractivity contribution in [3.05, 3.63) is 38.9 Å². The van der Waals surface area contributed by atoms with Crippen molar-refractivity contribution >= 4 is 22.6 Å².